The van der Waals surface area contributed by atoms with Gasteiger partial charge in [-0.3, -0.25) is 10.1 Å². The van der Waals surface area contributed by atoms with Gasteiger partial charge in [-0.05, 0) is 25.5 Å². The predicted molar refractivity (Wildman–Crippen MR) is 68.1 cm³/mol. The normalized spacial score (nSPS) is 10.4. The number of hydrogen-bond acceptors (Lipinski definition) is 6. The fourth-order valence-electron chi connectivity index (χ4n) is 1.49. The van der Waals surface area contributed by atoms with Crippen LogP contribution in [0.5, 0.6) is 0 Å². The molecule has 0 fully saturated rings. The third kappa shape index (κ3) is 4.11. The highest BCUT2D eigenvalue weighted by Gasteiger charge is 2.07. The van der Waals surface area contributed by atoms with Crippen LogP contribution in [0, 0.1) is 0 Å². The third-order valence-electron chi connectivity index (χ3n) is 2.35. The van der Waals surface area contributed by atoms with E-state index in [4.69, 9.17) is 5.73 Å². The minimum atomic E-state index is -0.249. The Kier molecular flexibility index (Phi) is 4.51. The van der Waals surface area contributed by atoms with Crippen LogP contribution in [0.15, 0.2) is 24.7 Å². The molecule has 0 aromatic carbocycles. The second-order valence-electron chi connectivity index (χ2n) is 3.92. The molecule has 8 heteroatoms. The minimum absolute atomic E-state index is 0.0773. The first-order valence-corrected chi connectivity index (χ1v) is 5.94. The number of nitrogens with one attached hydrogen (secondary N) is 1. The first kappa shape index (κ1) is 13.1. The lowest BCUT2D eigenvalue weighted by Gasteiger charge is -2.02. The number of rotatable bonds is 6. The monoisotopic (exact) mass is 261 g/mol. The van der Waals surface area contributed by atoms with Gasteiger partial charge in [-0.15, -0.1) is 5.10 Å². The van der Waals surface area contributed by atoms with Crippen molar-refractivity contribution in [1.82, 2.24) is 25.0 Å². The summed E-state index contributed by atoms with van der Waals surface area (Å²) in [5.41, 5.74) is 6.24. The van der Waals surface area contributed by atoms with Gasteiger partial charge in [0.05, 0.1) is 5.69 Å². The van der Waals surface area contributed by atoms with E-state index in [9.17, 15) is 4.79 Å². The van der Waals surface area contributed by atoms with Crippen molar-refractivity contribution in [2.45, 2.75) is 19.4 Å². The molecule has 2 heterocycles. The molecule has 3 N–H and O–H groups in total. The molecule has 0 spiro atoms. The van der Waals surface area contributed by atoms with Crippen LogP contribution in [0.1, 0.15) is 12.1 Å². The maximum atomic E-state index is 11.7. The Labute approximate surface area is 110 Å². The van der Waals surface area contributed by atoms with Gasteiger partial charge in [0.15, 0.2) is 0 Å². The molecule has 2 aromatic heterocycles. The van der Waals surface area contributed by atoms with Crippen molar-refractivity contribution in [3.8, 4) is 0 Å². The highest BCUT2D eigenvalue weighted by molar-refractivity contribution is 5.88. The summed E-state index contributed by atoms with van der Waals surface area (Å²) in [4.78, 5) is 19.5. The first-order valence-electron chi connectivity index (χ1n) is 5.94. The number of nitrogens with zero attached hydrogens (tertiary/aromatic N) is 5. The van der Waals surface area contributed by atoms with E-state index in [2.05, 4.69) is 25.6 Å². The van der Waals surface area contributed by atoms with Crippen molar-refractivity contribution in [3.05, 3.63) is 30.4 Å². The van der Waals surface area contributed by atoms with Gasteiger partial charge in [0, 0.05) is 18.6 Å². The van der Waals surface area contributed by atoms with Gasteiger partial charge in [0.1, 0.15) is 6.54 Å². The Morgan fingerprint density at radius 3 is 2.89 bits per heavy atom. The maximum absolute atomic E-state index is 11.7. The lowest BCUT2D eigenvalue weighted by atomic mass is 10.2. The van der Waals surface area contributed by atoms with E-state index in [1.165, 1.54) is 4.68 Å². The molecule has 2 aromatic rings. The zero-order valence-corrected chi connectivity index (χ0v) is 10.4. The standard InChI is InChI=1S/C11H15N7O/c12-4-1-3-9-7-18(17-16-9)8-10(19)15-11-13-5-2-6-14-11/h2,5-7H,1,3-4,8,12H2,(H,13,14,15,19). The Balaban J connectivity index is 1.86. The number of carbonyl (C=O) groups excluding carboxylic acids is 1. The summed E-state index contributed by atoms with van der Waals surface area (Å²) in [6, 6.07) is 1.68. The van der Waals surface area contributed by atoms with Gasteiger partial charge < -0.3 is 5.73 Å². The second-order valence-corrected chi connectivity index (χ2v) is 3.92. The van der Waals surface area contributed by atoms with Crippen molar-refractivity contribution >= 4 is 11.9 Å². The van der Waals surface area contributed by atoms with Gasteiger partial charge in [-0.1, -0.05) is 5.21 Å². The van der Waals surface area contributed by atoms with E-state index < -0.39 is 0 Å². The van der Waals surface area contributed by atoms with Gasteiger partial charge in [0.2, 0.25) is 11.9 Å². The van der Waals surface area contributed by atoms with E-state index in [1.54, 1.807) is 24.7 Å². The molecule has 100 valence electrons. The van der Waals surface area contributed by atoms with Gasteiger partial charge in [-0.25, -0.2) is 14.6 Å². The zero-order valence-electron chi connectivity index (χ0n) is 10.4. The third-order valence-corrected chi connectivity index (χ3v) is 2.35. The van der Waals surface area contributed by atoms with Crippen LogP contribution < -0.4 is 11.1 Å². The average Bonchev–Trinajstić information content (AvgIpc) is 2.85. The van der Waals surface area contributed by atoms with Crippen LogP contribution in [0.3, 0.4) is 0 Å². The summed E-state index contributed by atoms with van der Waals surface area (Å²) in [5, 5.41) is 10.4. The largest absolute Gasteiger partial charge is 0.330 e. The number of aryl methyl sites for hydroxylation is 1. The fourth-order valence-corrected chi connectivity index (χ4v) is 1.49. The molecule has 0 atom stereocenters. The summed E-state index contributed by atoms with van der Waals surface area (Å²) in [6.07, 6.45) is 6.47. The average molecular weight is 261 g/mol. The molecule has 19 heavy (non-hydrogen) atoms. The van der Waals surface area contributed by atoms with Crippen LogP contribution in [-0.4, -0.2) is 37.4 Å². The topological polar surface area (TPSA) is 112 Å². The molecule has 0 saturated heterocycles. The van der Waals surface area contributed by atoms with Gasteiger partial charge in [0.25, 0.3) is 0 Å². The number of nitrogens with two attached hydrogens (primary N) is 1. The molecule has 2 rings (SSSR count). The van der Waals surface area contributed by atoms with Crippen molar-refractivity contribution in [2.24, 2.45) is 5.73 Å². The molecule has 0 unspecified atom stereocenters. The SMILES string of the molecule is NCCCc1cn(CC(=O)Nc2ncccn2)nn1. The lowest BCUT2D eigenvalue weighted by Crippen LogP contribution is -2.20. The van der Waals surface area contributed by atoms with Crippen LogP contribution in [-0.2, 0) is 17.8 Å². The predicted octanol–water partition coefficient (Wildman–Crippen LogP) is -0.402. The van der Waals surface area contributed by atoms with Crippen molar-refractivity contribution < 1.29 is 4.79 Å². The molecule has 0 aliphatic rings. The van der Waals surface area contributed by atoms with Crippen molar-refractivity contribution in [2.75, 3.05) is 11.9 Å². The first-order chi connectivity index (χ1) is 9.28. The number of carbonyl (C=O) groups is 1. The number of hydrogen-bond donors (Lipinski definition) is 2. The fraction of sp³-hybridized carbons (Fsp3) is 0.364. The van der Waals surface area contributed by atoms with Crippen LogP contribution in [0.25, 0.3) is 0 Å². The van der Waals surface area contributed by atoms with Crippen LogP contribution in [0.2, 0.25) is 0 Å². The molecule has 0 bridgehead atoms. The highest BCUT2D eigenvalue weighted by Crippen LogP contribution is 1.99. The molecule has 0 aliphatic heterocycles. The molecule has 0 radical (unpaired) electrons. The Hall–Kier alpha value is -2.35. The van der Waals surface area contributed by atoms with E-state index in [0.29, 0.717) is 6.54 Å². The highest BCUT2D eigenvalue weighted by atomic mass is 16.2. The number of anilines is 1. The summed E-state index contributed by atoms with van der Waals surface area (Å²) in [7, 11) is 0. The minimum Gasteiger partial charge on any atom is -0.330 e. The Morgan fingerprint density at radius 1 is 1.37 bits per heavy atom. The van der Waals surface area contributed by atoms with Crippen molar-refractivity contribution in [1.29, 1.82) is 0 Å². The van der Waals surface area contributed by atoms with E-state index in [-0.39, 0.29) is 18.4 Å². The van der Waals surface area contributed by atoms with E-state index in [1.807, 2.05) is 0 Å². The molecule has 0 saturated carbocycles. The summed E-state index contributed by atoms with van der Waals surface area (Å²) in [6.45, 7) is 0.687. The lowest BCUT2D eigenvalue weighted by molar-refractivity contribution is -0.117. The molecular weight excluding hydrogens is 246 g/mol. The summed E-state index contributed by atoms with van der Waals surface area (Å²) in [5.74, 6) is 0.0254. The van der Waals surface area contributed by atoms with Gasteiger partial charge >= 0.3 is 0 Å². The zero-order chi connectivity index (χ0) is 13.5. The molecule has 8 nitrogen and oxygen atoms in total. The van der Waals surface area contributed by atoms with Crippen molar-refractivity contribution in [3.63, 3.8) is 0 Å². The van der Waals surface area contributed by atoms with E-state index >= 15 is 0 Å². The second kappa shape index (κ2) is 6.55. The molecular formula is C11H15N7O. The van der Waals surface area contributed by atoms with Crippen LogP contribution >= 0.6 is 0 Å². The maximum Gasteiger partial charge on any atom is 0.248 e. The summed E-state index contributed by atoms with van der Waals surface area (Å²) >= 11 is 0. The quantitative estimate of drug-likeness (QED) is 0.731. The number of amides is 1. The molecule has 1 amide bonds. The van der Waals surface area contributed by atoms with Crippen LogP contribution in [0.4, 0.5) is 5.95 Å². The Bertz CT molecular complexity index is 525. The Morgan fingerprint density at radius 2 is 2.16 bits per heavy atom. The summed E-state index contributed by atoms with van der Waals surface area (Å²) < 4.78 is 1.48. The van der Waals surface area contributed by atoms with E-state index in [0.717, 1.165) is 18.5 Å². The molecule has 0 aliphatic carbocycles. The number of aromatic nitrogens is 5. The smallest absolute Gasteiger partial charge is 0.248 e. The van der Waals surface area contributed by atoms with Gasteiger partial charge in [-0.2, -0.15) is 0 Å².